The summed E-state index contributed by atoms with van der Waals surface area (Å²) >= 11 is 0. The van der Waals surface area contributed by atoms with Gasteiger partial charge in [0, 0.05) is 31.5 Å². The second kappa shape index (κ2) is 7.15. The van der Waals surface area contributed by atoms with Crippen molar-refractivity contribution in [3.05, 3.63) is 30.1 Å². The lowest BCUT2D eigenvalue weighted by Gasteiger charge is -2.23. The number of aromatic nitrogens is 1. The lowest BCUT2D eigenvalue weighted by Crippen LogP contribution is -2.40. The van der Waals surface area contributed by atoms with Crippen molar-refractivity contribution in [1.29, 1.82) is 0 Å². The van der Waals surface area contributed by atoms with E-state index in [1.54, 1.807) is 16.7 Å². The second-order valence-corrected chi connectivity index (χ2v) is 6.91. The molecular formula is C14H23N3O2S. The molecule has 0 aliphatic carbocycles. The Morgan fingerprint density at radius 3 is 2.75 bits per heavy atom. The molecule has 0 bridgehead atoms. The number of nitrogens with zero attached hydrogens (tertiary/aromatic N) is 2. The quantitative estimate of drug-likeness (QED) is 0.839. The molecule has 2 rings (SSSR count). The van der Waals surface area contributed by atoms with Gasteiger partial charge in [-0.3, -0.25) is 4.98 Å². The fraction of sp³-hybridized carbons (Fsp3) is 0.643. The molecule has 6 heteroatoms. The van der Waals surface area contributed by atoms with Gasteiger partial charge in [-0.25, -0.2) is 0 Å². The molecule has 1 N–H and O–H groups in total. The van der Waals surface area contributed by atoms with E-state index < -0.39 is 10.2 Å². The Morgan fingerprint density at radius 2 is 2.15 bits per heavy atom. The molecule has 0 radical (unpaired) electrons. The van der Waals surface area contributed by atoms with Crippen molar-refractivity contribution in [1.82, 2.24) is 14.0 Å². The Balaban J connectivity index is 2.11. The molecule has 1 aliphatic heterocycles. The molecule has 112 valence electrons. The average molecular weight is 297 g/mol. The number of nitrogens with one attached hydrogen (secondary N) is 1. The molecule has 1 fully saturated rings. The van der Waals surface area contributed by atoms with Crippen molar-refractivity contribution < 1.29 is 8.42 Å². The van der Waals surface area contributed by atoms with Gasteiger partial charge in [-0.1, -0.05) is 25.8 Å². The predicted molar refractivity (Wildman–Crippen MR) is 79.4 cm³/mol. The van der Waals surface area contributed by atoms with Crippen molar-refractivity contribution in [2.24, 2.45) is 0 Å². The van der Waals surface area contributed by atoms with Gasteiger partial charge in [-0.15, -0.1) is 0 Å². The highest BCUT2D eigenvalue weighted by Crippen LogP contribution is 2.21. The predicted octanol–water partition coefficient (Wildman–Crippen LogP) is 2.24. The average Bonchev–Trinajstić information content (AvgIpc) is 2.99. The smallest absolute Gasteiger partial charge is 0.264 e. The minimum Gasteiger partial charge on any atom is -0.264 e. The zero-order valence-corrected chi connectivity index (χ0v) is 12.8. The van der Waals surface area contributed by atoms with Gasteiger partial charge in [0.1, 0.15) is 0 Å². The van der Waals surface area contributed by atoms with Gasteiger partial charge in [0.05, 0.1) is 0 Å². The highest BCUT2D eigenvalue weighted by molar-refractivity contribution is 7.87. The van der Waals surface area contributed by atoms with E-state index in [4.69, 9.17) is 0 Å². The standard InChI is InChI=1S/C14H23N3O2S/c1-2-3-8-14(13-7-6-9-15-12-13)16-20(18,19)17-10-4-5-11-17/h6-7,9,12,14,16H,2-5,8,10-11H2,1H3. The maximum absolute atomic E-state index is 12.4. The van der Waals surface area contributed by atoms with Crippen molar-refractivity contribution in [3.8, 4) is 0 Å². The maximum atomic E-state index is 12.4. The molecule has 1 unspecified atom stereocenters. The fourth-order valence-electron chi connectivity index (χ4n) is 2.47. The maximum Gasteiger partial charge on any atom is 0.280 e. The molecular weight excluding hydrogens is 274 g/mol. The van der Waals surface area contributed by atoms with E-state index in [-0.39, 0.29) is 6.04 Å². The first-order valence-electron chi connectivity index (χ1n) is 7.31. The molecule has 1 aliphatic rings. The molecule has 1 aromatic rings. The SMILES string of the molecule is CCCCC(NS(=O)(=O)N1CCCC1)c1cccnc1. The van der Waals surface area contributed by atoms with Crippen LogP contribution in [-0.2, 0) is 10.2 Å². The molecule has 0 saturated carbocycles. The van der Waals surface area contributed by atoms with Crippen LogP contribution in [0.5, 0.6) is 0 Å². The number of pyridine rings is 1. The Morgan fingerprint density at radius 1 is 1.40 bits per heavy atom. The van der Waals surface area contributed by atoms with Crippen LogP contribution in [0.2, 0.25) is 0 Å². The van der Waals surface area contributed by atoms with Gasteiger partial charge in [0.2, 0.25) is 0 Å². The summed E-state index contributed by atoms with van der Waals surface area (Å²) in [6, 6.07) is 3.59. The Hall–Kier alpha value is -0.980. The first-order valence-corrected chi connectivity index (χ1v) is 8.75. The minimum absolute atomic E-state index is 0.186. The highest BCUT2D eigenvalue weighted by Gasteiger charge is 2.28. The molecule has 0 aromatic carbocycles. The molecule has 0 spiro atoms. The zero-order chi connectivity index (χ0) is 14.4. The van der Waals surface area contributed by atoms with Crippen LogP contribution >= 0.6 is 0 Å². The van der Waals surface area contributed by atoms with Crippen molar-refractivity contribution >= 4 is 10.2 Å². The summed E-state index contributed by atoms with van der Waals surface area (Å²) in [6.45, 7) is 3.36. The number of unbranched alkanes of at least 4 members (excludes halogenated alkanes) is 1. The summed E-state index contributed by atoms with van der Waals surface area (Å²) in [7, 11) is -3.38. The Kier molecular flexibility index (Phi) is 5.51. The fourth-order valence-corrected chi connectivity index (χ4v) is 3.97. The van der Waals surface area contributed by atoms with E-state index in [9.17, 15) is 8.42 Å². The zero-order valence-electron chi connectivity index (χ0n) is 12.0. The van der Waals surface area contributed by atoms with Crippen LogP contribution in [0.15, 0.2) is 24.5 Å². The van der Waals surface area contributed by atoms with E-state index >= 15 is 0 Å². The monoisotopic (exact) mass is 297 g/mol. The van der Waals surface area contributed by atoms with Crippen LogP contribution in [0.3, 0.4) is 0 Å². The van der Waals surface area contributed by atoms with Gasteiger partial charge in [0.15, 0.2) is 0 Å². The van der Waals surface area contributed by atoms with Crippen molar-refractivity contribution in [2.75, 3.05) is 13.1 Å². The van der Waals surface area contributed by atoms with Gasteiger partial charge in [-0.2, -0.15) is 17.4 Å². The summed E-state index contributed by atoms with van der Waals surface area (Å²) < 4.78 is 29.1. The van der Waals surface area contributed by atoms with Crippen LogP contribution in [0.25, 0.3) is 0 Å². The van der Waals surface area contributed by atoms with Crippen LogP contribution in [0.4, 0.5) is 0 Å². The van der Waals surface area contributed by atoms with Gasteiger partial charge >= 0.3 is 0 Å². The van der Waals surface area contributed by atoms with E-state index in [0.29, 0.717) is 13.1 Å². The number of rotatable bonds is 7. The highest BCUT2D eigenvalue weighted by atomic mass is 32.2. The normalized spacial score (nSPS) is 18.2. The second-order valence-electron chi connectivity index (χ2n) is 5.21. The number of hydrogen-bond donors (Lipinski definition) is 1. The van der Waals surface area contributed by atoms with Crippen LogP contribution in [0, 0.1) is 0 Å². The van der Waals surface area contributed by atoms with E-state index in [1.807, 2.05) is 12.1 Å². The molecule has 2 heterocycles. The summed E-state index contributed by atoms with van der Waals surface area (Å²) in [6.07, 6.45) is 8.18. The third-order valence-corrected chi connectivity index (χ3v) is 5.26. The van der Waals surface area contributed by atoms with Gasteiger partial charge in [-0.05, 0) is 30.9 Å². The summed E-state index contributed by atoms with van der Waals surface area (Å²) in [5.74, 6) is 0. The molecule has 5 nitrogen and oxygen atoms in total. The first kappa shape index (κ1) is 15.4. The molecule has 20 heavy (non-hydrogen) atoms. The molecule has 1 aromatic heterocycles. The molecule has 1 saturated heterocycles. The summed E-state index contributed by atoms with van der Waals surface area (Å²) in [4.78, 5) is 4.09. The minimum atomic E-state index is -3.38. The largest absolute Gasteiger partial charge is 0.280 e. The van der Waals surface area contributed by atoms with Gasteiger partial charge < -0.3 is 0 Å². The van der Waals surface area contributed by atoms with Crippen LogP contribution in [-0.4, -0.2) is 30.8 Å². The third-order valence-electron chi connectivity index (χ3n) is 3.63. The van der Waals surface area contributed by atoms with Crippen LogP contribution < -0.4 is 4.72 Å². The van der Waals surface area contributed by atoms with E-state index in [1.165, 1.54) is 0 Å². The molecule has 1 atom stereocenters. The topological polar surface area (TPSA) is 62.3 Å². The Bertz CT molecular complexity index is 498. The van der Waals surface area contributed by atoms with Gasteiger partial charge in [0.25, 0.3) is 10.2 Å². The summed E-state index contributed by atoms with van der Waals surface area (Å²) in [5.41, 5.74) is 0.934. The summed E-state index contributed by atoms with van der Waals surface area (Å²) in [5, 5.41) is 0. The van der Waals surface area contributed by atoms with E-state index in [0.717, 1.165) is 37.7 Å². The lowest BCUT2D eigenvalue weighted by atomic mass is 10.0. The van der Waals surface area contributed by atoms with Crippen molar-refractivity contribution in [2.45, 2.75) is 45.1 Å². The lowest BCUT2D eigenvalue weighted by molar-refractivity contribution is 0.444. The molecule has 0 amide bonds. The third kappa shape index (κ3) is 4.01. The first-order chi connectivity index (χ1) is 9.63. The Labute approximate surface area is 121 Å². The van der Waals surface area contributed by atoms with Crippen LogP contribution in [0.1, 0.15) is 50.6 Å². The van der Waals surface area contributed by atoms with Crippen molar-refractivity contribution in [3.63, 3.8) is 0 Å². The van der Waals surface area contributed by atoms with E-state index in [2.05, 4.69) is 16.6 Å². The number of hydrogen-bond acceptors (Lipinski definition) is 3.